The van der Waals surface area contributed by atoms with E-state index in [4.69, 9.17) is 9.47 Å². The molecule has 158 valence electrons. The number of nitrogens with zero attached hydrogens (tertiary/aromatic N) is 1. The van der Waals surface area contributed by atoms with Crippen LogP contribution < -0.4 is 20.7 Å². The van der Waals surface area contributed by atoms with Gasteiger partial charge in [0, 0.05) is 38.2 Å². The maximum atomic E-state index is 11.7. The third kappa shape index (κ3) is 10.2. The number of carbonyl (C=O) groups excluding carboxylic acids is 1. The Hall–Kier alpha value is -2.28. The third-order valence-corrected chi connectivity index (χ3v) is 3.88. The van der Waals surface area contributed by atoms with E-state index in [2.05, 4.69) is 27.0 Å². The van der Waals surface area contributed by atoms with Gasteiger partial charge in [0.25, 0.3) is 0 Å². The molecular weight excluding hydrogens is 356 g/mol. The average Bonchev–Trinajstić information content (AvgIpc) is 2.68. The molecule has 0 bridgehead atoms. The molecule has 7 nitrogen and oxygen atoms in total. The van der Waals surface area contributed by atoms with Crippen LogP contribution in [0.3, 0.4) is 0 Å². The zero-order valence-corrected chi connectivity index (χ0v) is 17.8. The lowest BCUT2D eigenvalue weighted by Gasteiger charge is -2.14. The Morgan fingerprint density at radius 1 is 1.07 bits per heavy atom. The normalized spacial score (nSPS) is 11.2. The number of benzene rings is 1. The second-order valence-electron chi connectivity index (χ2n) is 6.38. The number of guanidine groups is 1. The van der Waals surface area contributed by atoms with Gasteiger partial charge in [0.15, 0.2) is 5.96 Å². The monoisotopic (exact) mass is 392 g/mol. The summed E-state index contributed by atoms with van der Waals surface area (Å²) in [4.78, 5) is 16.3. The SMILES string of the molecule is CCCNC(=O)CCNC(=NCc1ccc(C)cc1OCCOCC)NCC. The molecule has 0 aliphatic rings. The van der Waals surface area contributed by atoms with Gasteiger partial charge < -0.3 is 25.4 Å². The molecule has 0 saturated carbocycles. The maximum absolute atomic E-state index is 11.7. The van der Waals surface area contributed by atoms with Gasteiger partial charge in [-0.3, -0.25) is 4.79 Å². The van der Waals surface area contributed by atoms with Crippen LogP contribution in [0.4, 0.5) is 0 Å². The van der Waals surface area contributed by atoms with Gasteiger partial charge >= 0.3 is 0 Å². The summed E-state index contributed by atoms with van der Waals surface area (Å²) in [5.41, 5.74) is 2.15. The van der Waals surface area contributed by atoms with Gasteiger partial charge in [-0.1, -0.05) is 19.1 Å². The maximum Gasteiger partial charge on any atom is 0.221 e. The summed E-state index contributed by atoms with van der Waals surface area (Å²) in [5.74, 6) is 1.57. The van der Waals surface area contributed by atoms with E-state index in [9.17, 15) is 4.79 Å². The number of hydrogen-bond acceptors (Lipinski definition) is 4. The fourth-order valence-corrected chi connectivity index (χ4v) is 2.43. The molecular formula is C21H36N4O3. The molecule has 0 unspecified atom stereocenters. The molecule has 0 aliphatic carbocycles. The van der Waals surface area contributed by atoms with Crippen LogP contribution in [0.1, 0.15) is 44.7 Å². The summed E-state index contributed by atoms with van der Waals surface area (Å²) < 4.78 is 11.2. The fraction of sp³-hybridized carbons (Fsp3) is 0.619. The molecule has 0 atom stereocenters. The number of amides is 1. The number of ether oxygens (including phenoxy) is 2. The van der Waals surface area contributed by atoms with Crippen LogP contribution >= 0.6 is 0 Å². The largest absolute Gasteiger partial charge is 0.491 e. The van der Waals surface area contributed by atoms with Gasteiger partial charge in [0.1, 0.15) is 12.4 Å². The van der Waals surface area contributed by atoms with Crippen LogP contribution in [0.2, 0.25) is 0 Å². The number of aliphatic imine (C=N–C) groups is 1. The summed E-state index contributed by atoms with van der Waals surface area (Å²) in [5, 5.41) is 9.28. The van der Waals surface area contributed by atoms with Crippen LogP contribution in [-0.4, -0.2) is 51.3 Å². The molecule has 1 amide bonds. The van der Waals surface area contributed by atoms with Crippen molar-refractivity contribution in [2.45, 2.75) is 47.1 Å². The zero-order valence-electron chi connectivity index (χ0n) is 17.8. The molecule has 1 aromatic carbocycles. The summed E-state index contributed by atoms with van der Waals surface area (Å²) in [7, 11) is 0. The number of rotatable bonds is 13. The number of aryl methyl sites for hydroxylation is 1. The Morgan fingerprint density at radius 3 is 2.61 bits per heavy atom. The van der Waals surface area contributed by atoms with Crippen LogP contribution in [-0.2, 0) is 16.1 Å². The zero-order chi connectivity index (χ0) is 20.6. The summed E-state index contributed by atoms with van der Waals surface area (Å²) in [6, 6.07) is 6.12. The first-order valence-corrected chi connectivity index (χ1v) is 10.2. The lowest BCUT2D eigenvalue weighted by Crippen LogP contribution is -2.39. The van der Waals surface area contributed by atoms with E-state index in [0.29, 0.717) is 51.8 Å². The van der Waals surface area contributed by atoms with Crippen molar-refractivity contribution in [3.8, 4) is 5.75 Å². The van der Waals surface area contributed by atoms with Gasteiger partial charge in [-0.2, -0.15) is 0 Å². The van der Waals surface area contributed by atoms with E-state index in [1.807, 2.05) is 39.8 Å². The van der Waals surface area contributed by atoms with E-state index >= 15 is 0 Å². The molecule has 0 heterocycles. The van der Waals surface area contributed by atoms with Crippen LogP contribution in [0.25, 0.3) is 0 Å². The van der Waals surface area contributed by atoms with Crippen LogP contribution in [0.15, 0.2) is 23.2 Å². The highest BCUT2D eigenvalue weighted by Gasteiger charge is 2.06. The molecule has 7 heteroatoms. The summed E-state index contributed by atoms with van der Waals surface area (Å²) >= 11 is 0. The highest BCUT2D eigenvalue weighted by atomic mass is 16.5. The standard InChI is InChI=1S/C21H36N4O3/c1-5-11-23-20(26)10-12-24-21(22-6-2)25-16-18-9-8-17(4)15-19(18)28-14-13-27-7-3/h8-9,15H,5-7,10-14,16H2,1-4H3,(H,23,26)(H2,22,24,25). The van der Waals surface area contributed by atoms with E-state index in [1.165, 1.54) is 0 Å². The Balaban J connectivity index is 2.63. The van der Waals surface area contributed by atoms with Gasteiger partial charge in [0.2, 0.25) is 5.91 Å². The molecule has 3 N–H and O–H groups in total. The topological polar surface area (TPSA) is 84.0 Å². The Bertz CT molecular complexity index is 605. The predicted octanol–water partition coefficient (Wildman–Crippen LogP) is 2.38. The number of carbonyl (C=O) groups is 1. The second kappa shape index (κ2) is 14.7. The molecule has 28 heavy (non-hydrogen) atoms. The first-order chi connectivity index (χ1) is 13.6. The minimum atomic E-state index is 0.0497. The second-order valence-corrected chi connectivity index (χ2v) is 6.38. The highest BCUT2D eigenvalue weighted by molar-refractivity contribution is 5.81. The third-order valence-electron chi connectivity index (χ3n) is 3.88. The molecule has 1 rings (SSSR count). The van der Waals surface area contributed by atoms with Gasteiger partial charge in [-0.15, -0.1) is 0 Å². The lowest BCUT2D eigenvalue weighted by molar-refractivity contribution is -0.120. The molecule has 0 saturated heterocycles. The van der Waals surface area contributed by atoms with Crippen molar-refractivity contribution < 1.29 is 14.3 Å². The molecule has 0 spiro atoms. The van der Waals surface area contributed by atoms with Gasteiger partial charge in [-0.05, 0) is 38.8 Å². The minimum absolute atomic E-state index is 0.0497. The van der Waals surface area contributed by atoms with Crippen molar-refractivity contribution in [1.29, 1.82) is 0 Å². The molecule has 0 aromatic heterocycles. The minimum Gasteiger partial charge on any atom is -0.491 e. The first-order valence-electron chi connectivity index (χ1n) is 10.2. The number of nitrogens with one attached hydrogen (secondary N) is 3. The first kappa shape index (κ1) is 23.8. The van der Waals surface area contributed by atoms with Crippen molar-refractivity contribution in [2.24, 2.45) is 4.99 Å². The van der Waals surface area contributed by atoms with Gasteiger partial charge in [0.05, 0.1) is 13.2 Å². The Labute approximate surface area is 169 Å². The van der Waals surface area contributed by atoms with Crippen molar-refractivity contribution in [1.82, 2.24) is 16.0 Å². The molecule has 0 aliphatic heterocycles. The van der Waals surface area contributed by atoms with E-state index in [1.54, 1.807) is 0 Å². The van der Waals surface area contributed by atoms with Crippen molar-refractivity contribution in [2.75, 3.05) is 39.5 Å². The Morgan fingerprint density at radius 2 is 1.89 bits per heavy atom. The average molecular weight is 393 g/mol. The smallest absolute Gasteiger partial charge is 0.221 e. The van der Waals surface area contributed by atoms with Crippen LogP contribution in [0, 0.1) is 6.92 Å². The molecule has 1 aromatic rings. The van der Waals surface area contributed by atoms with E-state index < -0.39 is 0 Å². The summed E-state index contributed by atoms with van der Waals surface area (Å²) in [6.07, 6.45) is 1.36. The van der Waals surface area contributed by atoms with Crippen molar-refractivity contribution >= 4 is 11.9 Å². The molecule has 0 fully saturated rings. The molecule has 0 radical (unpaired) electrons. The predicted molar refractivity (Wildman–Crippen MR) is 114 cm³/mol. The quantitative estimate of drug-likeness (QED) is 0.273. The highest BCUT2D eigenvalue weighted by Crippen LogP contribution is 2.21. The Kier molecular flexibility index (Phi) is 12.5. The van der Waals surface area contributed by atoms with E-state index in [-0.39, 0.29) is 5.91 Å². The van der Waals surface area contributed by atoms with Crippen molar-refractivity contribution in [3.63, 3.8) is 0 Å². The number of hydrogen-bond donors (Lipinski definition) is 3. The van der Waals surface area contributed by atoms with Crippen molar-refractivity contribution in [3.05, 3.63) is 29.3 Å². The van der Waals surface area contributed by atoms with Gasteiger partial charge in [-0.25, -0.2) is 4.99 Å². The van der Waals surface area contributed by atoms with Crippen LogP contribution in [0.5, 0.6) is 5.75 Å². The fourth-order valence-electron chi connectivity index (χ4n) is 2.43. The summed E-state index contributed by atoms with van der Waals surface area (Å²) in [6.45, 7) is 12.3. The van der Waals surface area contributed by atoms with E-state index in [0.717, 1.165) is 29.8 Å². The lowest BCUT2D eigenvalue weighted by atomic mass is 10.1.